The summed E-state index contributed by atoms with van der Waals surface area (Å²) in [4.78, 5) is 65.0. The number of rotatable bonds is 13. The number of alkyl carbamates (subject to hydrolysis) is 1. The van der Waals surface area contributed by atoms with E-state index in [1.165, 1.54) is 26.0 Å². The summed E-state index contributed by atoms with van der Waals surface area (Å²) >= 11 is 0.333. The number of fused-ring (bicyclic) bond motifs is 8. The van der Waals surface area contributed by atoms with Crippen LogP contribution in [0.2, 0.25) is 0 Å². The number of nitrogens with one attached hydrogen (secondary N) is 2. The Morgan fingerprint density at radius 1 is 1.02 bits per heavy atom. The van der Waals surface area contributed by atoms with Crippen LogP contribution in [0.4, 0.5) is 18.0 Å². The van der Waals surface area contributed by atoms with Crippen LogP contribution in [0.1, 0.15) is 76.8 Å². The molecule has 0 bridgehead atoms. The molecule has 0 aromatic heterocycles. The van der Waals surface area contributed by atoms with E-state index in [-0.39, 0.29) is 63.5 Å². The number of esters is 1. The van der Waals surface area contributed by atoms with E-state index >= 15 is 8.78 Å². The van der Waals surface area contributed by atoms with Gasteiger partial charge in [-0.2, -0.15) is 0 Å². The molecule has 5 aliphatic rings. The van der Waals surface area contributed by atoms with Gasteiger partial charge in [0, 0.05) is 41.6 Å². The first kappa shape index (κ1) is 43.6. The fourth-order valence-electron chi connectivity index (χ4n) is 11.2. The molecule has 5 aliphatic carbocycles. The number of alkyl halides is 3. The summed E-state index contributed by atoms with van der Waals surface area (Å²) in [6.45, 7) is 6.10. The highest BCUT2D eigenvalue weighted by Crippen LogP contribution is 2.72. The van der Waals surface area contributed by atoms with Crippen LogP contribution < -0.4 is 10.6 Å². The zero-order valence-electron chi connectivity index (χ0n) is 34.0. The summed E-state index contributed by atoms with van der Waals surface area (Å²) < 4.78 is 64.5. The van der Waals surface area contributed by atoms with Crippen molar-refractivity contribution < 1.29 is 56.5 Å². The molecule has 2 amide bonds. The summed E-state index contributed by atoms with van der Waals surface area (Å²) in [6.07, 6.45) is -1.25. The molecule has 0 saturated heterocycles. The number of aliphatic hydroxyl groups excluding tert-OH is 1. The topological polar surface area (TPSA) is 157 Å². The van der Waals surface area contributed by atoms with Gasteiger partial charge in [-0.15, -0.1) is 0 Å². The van der Waals surface area contributed by atoms with E-state index in [4.69, 9.17) is 14.2 Å². The molecule has 11 nitrogen and oxygen atoms in total. The van der Waals surface area contributed by atoms with Crippen molar-refractivity contribution in [1.29, 1.82) is 0 Å². The molecule has 2 aromatic carbocycles. The minimum atomic E-state index is -2.40. The number of thioether (sulfide) groups is 1. The number of carbonyl (C=O) groups excluding carboxylic acids is 5. The highest BCUT2D eigenvalue weighted by molar-refractivity contribution is 8.13. The summed E-state index contributed by atoms with van der Waals surface area (Å²) in [7, 11) is 0. The number of allylic oxidation sites excluding steroid dienone is 4. The van der Waals surface area contributed by atoms with Gasteiger partial charge in [-0.3, -0.25) is 19.2 Å². The first-order valence-corrected chi connectivity index (χ1v) is 21.4. The Morgan fingerprint density at radius 3 is 2.35 bits per heavy atom. The quantitative estimate of drug-likeness (QED) is 0.111. The van der Waals surface area contributed by atoms with E-state index in [0.29, 0.717) is 11.8 Å². The molecule has 15 heteroatoms. The number of aliphatic hydroxyl groups is 1. The zero-order chi connectivity index (χ0) is 43.2. The van der Waals surface area contributed by atoms with Crippen LogP contribution in [-0.2, 0) is 33.4 Å². The lowest BCUT2D eigenvalue weighted by Gasteiger charge is -2.63. The minimum absolute atomic E-state index is 0.00725. The normalized spacial score (nSPS) is 33.0. The summed E-state index contributed by atoms with van der Waals surface area (Å²) in [5.41, 5.74) is -3.13. The van der Waals surface area contributed by atoms with E-state index in [9.17, 15) is 33.5 Å². The van der Waals surface area contributed by atoms with E-state index in [1.54, 1.807) is 13.8 Å². The molecule has 7 rings (SSSR count). The number of ketones is 1. The fourth-order valence-corrected chi connectivity index (χ4v) is 11.9. The second-order valence-electron chi connectivity index (χ2n) is 17.1. The van der Waals surface area contributed by atoms with Gasteiger partial charge in [0.15, 0.2) is 17.1 Å². The van der Waals surface area contributed by atoms with E-state index in [2.05, 4.69) is 10.6 Å². The Kier molecular flexibility index (Phi) is 12.2. The van der Waals surface area contributed by atoms with Crippen molar-refractivity contribution in [1.82, 2.24) is 10.6 Å². The Hall–Kier alpha value is -4.47. The Bertz CT molecular complexity index is 2070. The molecule has 3 N–H and O–H groups in total. The lowest BCUT2D eigenvalue weighted by Crippen LogP contribution is -2.70. The molecule has 3 saturated carbocycles. The average molecular weight is 853 g/mol. The monoisotopic (exact) mass is 852 g/mol. The molecule has 0 aliphatic heterocycles. The maximum Gasteiger partial charge on any atom is 0.407 e. The molecule has 2 aromatic rings. The van der Waals surface area contributed by atoms with Crippen LogP contribution in [0.25, 0.3) is 11.1 Å². The number of amides is 2. The predicted octanol–water partition coefficient (Wildman–Crippen LogP) is 6.82. The smallest absolute Gasteiger partial charge is 0.407 e. The largest absolute Gasteiger partial charge is 0.449 e. The first-order valence-electron chi connectivity index (χ1n) is 20.4. The molecule has 60 heavy (non-hydrogen) atoms. The predicted molar refractivity (Wildman–Crippen MR) is 216 cm³/mol. The third-order valence-electron chi connectivity index (χ3n) is 14.0. The van der Waals surface area contributed by atoms with Crippen LogP contribution in [0.3, 0.4) is 0 Å². The van der Waals surface area contributed by atoms with Gasteiger partial charge in [0.2, 0.25) is 11.0 Å². The maximum atomic E-state index is 17.7. The van der Waals surface area contributed by atoms with Gasteiger partial charge in [0.25, 0.3) is 0 Å². The van der Waals surface area contributed by atoms with Gasteiger partial charge >= 0.3 is 12.1 Å². The Balaban J connectivity index is 0.908. The van der Waals surface area contributed by atoms with Gasteiger partial charge < -0.3 is 30.0 Å². The van der Waals surface area contributed by atoms with Crippen molar-refractivity contribution in [2.24, 2.45) is 28.6 Å². The Morgan fingerprint density at radius 2 is 1.68 bits per heavy atom. The number of hydrogen-bond acceptors (Lipinski definition) is 10. The maximum absolute atomic E-state index is 17.7. The highest BCUT2D eigenvalue weighted by atomic mass is 32.2. The van der Waals surface area contributed by atoms with E-state index in [1.807, 2.05) is 48.5 Å². The highest BCUT2D eigenvalue weighted by Gasteiger charge is 2.78. The average Bonchev–Trinajstić information content (AvgIpc) is 3.65. The number of carbonyl (C=O) groups is 5. The minimum Gasteiger partial charge on any atom is -0.449 e. The van der Waals surface area contributed by atoms with Crippen LogP contribution in [0.15, 0.2) is 72.3 Å². The van der Waals surface area contributed by atoms with Gasteiger partial charge in [0.05, 0.1) is 6.10 Å². The first-order chi connectivity index (χ1) is 28.5. The van der Waals surface area contributed by atoms with E-state index in [0.717, 1.165) is 28.3 Å². The Labute approximate surface area is 351 Å². The molecule has 0 radical (unpaired) electrons. The van der Waals surface area contributed by atoms with Crippen molar-refractivity contribution in [2.75, 3.05) is 26.0 Å². The zero-order valence-corrected chi connectivity index (χ0v) is 34.8. The molecule has 0 heterocycles. The van der Waals surface area contributed by atoms with Crippen molar-refractivity contribution in [2.45, 2.75) is 95.3 Å². The van der Waals surface area contributed by atoms with Gasteiger partial charge in [-0.25, -0.2) is 18.0 Å². The van der Waals surface area contributed by atoms with Gasteiger partial charge in [0.1, 0.15) is 31.6 Å². The fraction of sp³-hybridized carbons (Fsp3) is 0.533. The van der Waals surface area contributed by atoms with Crippen LogP contribution >= 0.6 is 11.8 Å². The van der Waals surface area contributed by atoms with Crippen LogP contribution in [0, 0.1) is 28.6 Å². The number of halogens is 3. The van der Waals surface area contributed by atoms with Crippen molar-refractivity contribution in [3.63, 3.8) is 0 Å². The summed E-state index contributed by atoms with van der Waals surface area (Å²) in [5.74, 6) is -4.54. The molecule has 322 valence electrons. The van der Waals surface area contributed by atoms with Crippen LogP contribution in [0.5, 0.6) is 0 Å². The van der Waals surface area contributed by atoms with Crippen molar-refractivity contribution in [3.05, 3.63) is 83.5 Å². The van der Waals surface area contributed by atoms with Gasteiger partial charge in [-0.05, 0) is 97.2 Å². The molecule has 0 spiro atoms. The number of hydrogen-bond donors (Lipinski definition) is 3. The summed E-state index contributed by atoms with van der Waals surface area (Å²) in [6, 6.07) is 13.8. The number of benzene rings is 2. The van der Waals surface area contributed by atoms with Gasteiger partial charge in [-0.1, -0.05) is 68.5 Å². The second kappa shape index (κ2) is 16.8. The molecule has 10 atom stereocenters. The third kappa shape index (κ3) is 7.07. The summed E-state index contributed by atoms with van der Waals surface area (Å²) in [5, 5.41) is 16.0. The standard InChI is InChI=1S/C45H51F3N2O9S/c1-25-18-33-34-20-36(47)35-19-27(51)15-16-42(35,3)44(34,48)37(52)21-43(33,4)45(25,40(55)60-23-46)59-38(53)14-9-17-57-24-49-39(54)26(2)50-41(56)58-22-32-30-12-7-5-10-28(30)29-11-6-8-13-31(29)32/h5-8,10-13,15-16,19,25-26,32-34,36-37,52H,9,14,17-18,20-24H2,1-4H3,(H,49,54)(H,50,56)/t25-,26+,33+,34+,36+,37+,42+,43+,44+,45+/m1/s1. The van der Waals surface area contributed by atoms with Crippen molar-refractivity contribution >= 4 is 40.6 Å². The molecular formula is C45H51F3N2O9S. The van der Waals surface area contributed by atoms with Crippen LogP contribution in [-0.4, -0.2) is 89.5 Å². The lowest BCUT2D eigenvalue weighted by atomic mass is 9.44. The molecule has 3 fully saturated rings. The number of ether oxygens (including phenoxy) is 3. The molecular weight excluding hydrogens is 802 g/mol. The van der Waals surface area contributed by atoms with E-state index < -0.39 is 93.0 Å². The lowest BCUT2D eigenvalue weighted by molar-refractivity contribution is -0.228. The second-order valence-corrected chi connectivity index (χ2v) is 18.0. The SMILES string of the molecule is C[C@H](NC(=O)OCC1c2ccccc2-c2ccccc21)C(=O)NCOCCCC(=O)O[C@]1(C(=O)SCF)[C@H](C)C[C@H]2[C@@H]3C[C@H](F)C4=CC(=O)C=C[C@]4(C)[C@@]3(F)[C@@H](O)C[C@@]21C. The molecule has 0 unspecified atom stereocenters. The van der Waals surface area contributed by atoms with Crippen molar-refractivity contribution in [3.8, 4) is 11.1 Å². The third-order valence-corrected chi connectivity index (χ3v) is 14.7.